The van der Waals surface area contributed by atoms with Crippen LogP contribution >= 0.6 is 0 Å². The van der Waals surface area contributed by atoms with Crippen molar-refractivity contribution < 1.29 is 0 Å². The van der Waals surface area contributed by atoms with Gasteiger partial charge in [-0.3, -0.25) is 0 Å². The first kappa shape index (κ1) is 9.06. The molecule has 0 aliphatic carbocycles. The number of hydrogen-bond acceptors (Lipinski definition) is 3. The minimum Gasteiger partial charge on any atom is -0.369 e. The summed E-state index contributed by atoms with van der Waals surface area (Å²) < 4.78 is 1.96. The van der Waals surface area contributed by atoms with Crippen LogP contribution < -0.4 is 5.73 Å². The van der Waals surface area contributed by atoms with Crippen molar-refractivity contribution in [2.75, 3.05) is 26.4 Å². The topological polar surface area (TPSA) is 47.1 Å². The quantitative estimate of drug-likeness (QED) is 0.708. The monoisotopic (exact) mass is 168 g/mol. The molecule has 1 aromatic rings. The van der Waals surface area contributed by atoms with E-state index in [1.165, 1.54) is 0 Å². The van der Waals surface area contributed by atoms with Gasteiger partial charge in [-0.2, -0.15) is 0 Å². The molecule has 0 aromatic carbocycles. The van der Waals surface area contributed by atoms with Crippen LogP contribution in [0.5, 0.6) is 0 Å². The normalized spacial score (nSPS) is 10.9. The number of anilines is 1. The molecule has 12 heavy (non-hydrogen) atoms. The summed E-state index contributed by atoms with van der Waals surface area (Å²) in [5.74, 6) is 0.605. The van der Waals surface area contributed by atoms with E-state index >= 15 is 0 Å². The zero-order chi connectivity index (χ0) is 8.97. The number of nitrogens with two attached hydrogens (primary N) is 1. The summed E-state index contributed by atoms with van der Waals surface area (Å²) in [4.78, 5) is 6.10. The van der Waals surface area contributed by atoms with E-state index in [0.29, 0.717) is 5.95 Å². The van der Waals surface area contributed by atoms with E-state index in [0.717, 1.165) is 19.5 Å². The van der Waals surface area contributed by atoms with Crippen molar-refractivity contribution in [1.29, 1.82) is 0 Å². The molecule has 0 saturated heterocycles. The summed E-state index contributed by atoms with van der Waals surface area (Å²) in [6.45, 7) is 2.03. The molecule has 4 nitrogen and oxygen atoms in total. The predicted octanol–water partition coefficient (Wildman–Crippen LogP) is 0.417. The lowest BCUT2D eigenvalue weighted by molar-refractivity contribution is 0.387. The highest BCUT2D eigenvalue weighted by Gasteiger charge is 1.96. The molecule has 1 aromatic heterocycles. The lowest BCUT2D eigenvalue weighted by atomic mass is 10.4. The van der Waals surface area contributed by atoms with Gasteiger partial charge >= 0.3 is 0 Å². The fourth-order valence-corrected chi connectivity index (χ4v) is 1.09. The number of rotatable bonds is 4. The highest BCUT2D eigenvalue weighted by atomic mass is 15.1. The number of aromatic nitrogens is 2. The zero-order valence-corrected chi connectivity index (χ0v) is 7.70. The van der Waals surface area contributed by atoms with Gasteiger partial charge in [-0.15, -0.1) is 0 Å². The maximum Gasteiger partial charge on any atom is 0.200 e. The maximum atomic E-state index is 5.60. The van der Waals surface area contributed by atoms with Crippen molar-refractivity contribution in [1.82, 2.24) is 14.5 Å². The fraction of sp³-hybridized carbons (Fsp3) is 0.625. The van der Waals surface area contributed by atoms with E-state index in [4.69, 9.17) is 5.73 Å². The fourth-order valence-electron chi connectivity index (χ4n) is 1.09. The second kappa shape index (κ2) is 4.11. The van der Waals surface area contributed by atoms with Crippen molar-refractivity contribution in [3.63, 3.8) is 0 Å². The van der Waals surface area contributed by atoms with E-state index in [2.05, 4.69) is 24.0 Å². The van der Waals surface area contributed by atoms with Gasteiger partial charge in [0.25, 0.3) is 0 Å². The van der Waals surface area contributed by atoms with Crippen molar-refractivity contribution in [3.05, 3.63) is 12.4 Å². The summed E-state index contributed by atoms with van der Waals surface area (Å²) in [6.07, 6.45) is 4.74. The minimum atomic E-state index is 0.605. The van der Waals surface area contributed by atoms with Gasteiger partial charge in [0.05, 0.1) is 0 Å². The first-order valence-electron chi connectivity index (χ1n) is 4.11. The molecule has 2 N–H and O–H groups in total. The van der Waals surface area contributed by atoms with Gasteiger partial charge in [0.1, 0.15) is 0 Å². The van der Waals surface area contributed by atoms with E-state index in [1.807, 2.05) is 10.8 Å². The Labute approximate surface area is 73.0 Å². The van der Waals surface area contributed by atoms with Crippen molar-refractivity contribution in [3.8, 4) is 0 Å². The Kier molecular flexibility index (Phi) is 3.10. The van der Waals surface area contributed by atoms with Crippen LogP contribution in [0.2, 0.25) is 0 Å². The van der Waals surface area contributed by atoms with Crippen molar-refractivity contribution >= 4 is 5.95 Å². The molecule has 0 spiro atoms. The first-order valence-corrected chi connectivity index (χ1v) is 4.11. The summed E-state index contributed by atoms with van der Waals surface area (Å²) >= 11 is 0. The molecule has 0 amide bonds. The van der Waals surface area contributed by atoms with Crippen LogP contribution in [-0.2, 0) is 6.54 Å². The lowest BCUT2D eigenvalue weighted by Crippen LogP contribution is -2.15. The largest absolute Gasteiger partial charge is 0.369 e. The molecule has 0 radical (unpaired) electrons. The molecular weight excluding hydrogens is 152 g/mol. The molecule has 0 saturated carbocycles. The molecule has 1 heterocycles. The highest BCUT2D eigenvalue weighted by Crippen LogP contribution is 1.99. The Balaban J connectivity index is 2.29. The van der Waals surface area contributed by atoms with Gasteiger partial charge in [-0.05, 0) is 27.1 Å². The van der Waals surface area contributed by atoms with Crippen molar-refractivity contribution in [2.45, 2.75) is 13.0 Å². The average Bonchev–Trinajstić information content (AvgIpc) is 2.36. The predicted molar refractivity (Wildman–Crippen MR) is 49.8 cm³/mol. The van der Waals surface area contributed by atoms with Gasteiger partial charge in [0.15, 0.2) is 5.95 Å². The zero-order valence-electron chi connectivity index (χ0n) is 7.70. The van der Waals surface area contributed by atoms with Crippen LogP contribution in [0.25, 0.3) is 0 Å². The number of imidazole rings is 1. The average molecular weight is 168 g/mol. The molecule has 0 atom stereocenters. The molecule has 0 fully saturated rings. The molecular formula is C8H16N4. The third kappa shape index (κ3) is 2.54. The second-order valence-corrected chi connectivity index (χ2v) is 3.14. The summed E-state index contributed by atoms with van der Waals surface area (Å²) in [5.41, 5.74) is 5.60. The van der Waals surface area contributed by atoms with E-state index in [9.17, 15) is 0 Å². The van der Waals surface area contributed by atoms with Crippen LogP contribution in [0.15, 0.2) is 12.4 Å². The Morgan fingerprint density at radius 2 is 2.33 bits per heavy atom. The van der Waals surface area contributed by atoms with Gasteiger partial charge < -0.3 is 15.2 Å². The van der Waals surface area contributed by atoms with Crippen LogP contribution in [0, 0.1) is 0 Å². The van der Waals surface area contributed by atoms with Crippen LogP contribution in [-0.4, -0.2) is 35.1 Å². The Hall–Kier alpha value is -1.03. The van der Waals surface area contributed by atoms with Gasteiger partial charge in [0, 0.05) is 18.9 Å². The van der Waals surface area contributed by atoms with Gasteiger partial charge in [0.2, 0.25) is 0 Å². The standard InChI is InChI=1S/C8H16N4/c1-11(2)5-3-6-12-7-4-10-8(12)9/h4,7H,3,5-6H2,1-2H3,(H2,9,10). The van der Waals surface area contributed by atoms with E-state index < -0.39 is 0 Å². The Morgan fingerprint density at radius 1 is 1.58 bits per heavy atom. The SMILES string of the molecule is CN(C)CCCn1ccnc1N. The van der Waals surface area contributed by atoms with Crippen LogP contribution in [0.4, 0.5) is 5.95 Å². The third-order valence-corrected chi connectivity index (χ3v) is 1.75. The lowest BCUT2D eigenvalue weighted by Gasteiger charge is -2.09. The van der Waals surface area contributed by atoms with Crippen LogP contribution in [0.1, 0.15) is 6.42 Å². The van der Waals surface area contributed by atoms with Gasteiger partial charge in [-0.25, -0.2) is 4.98 Å². The minimum absolute atomic E-state index is 0.605. The Morgan fingerprint density at radius 3 is 2.83 bits per heavy atom. The molecule has 1 rings (SSSR count). The smallest absolute Gasteiger partial charge is 0.200 e. The summed E-state index contributed by atoms with van der Waals surface area (Å²) in [7, 11) is 4.13. The first-order chi connectivity index (χ1) is 5.70. The molecule has 0 unspecified atom stereocenters. The van der Waals surface area contributed by atoms with E-state index in [1.54, 1.807) is 6.20 Å². The molecule has 4 heteroatoms. The number of nitrogens with zero attached hydrogens (tertiary/aromatic N) is 3. The molecule has 0 aliphatic rings. The molecule has 0 bridgehead atoms. The number of nitrogen functional groups attached to an aromatic ring is 1. The Bertz CT molecular complexity index is 229. The molecule has 68 valence electrons. The number of hydrogen-bond donors (Lipinski definition) is 1. The second-order valence-electron chi connectivity index (χ2n) is 3.14. The third-order valence-electron chi connectivity index (χ3n) is 1.75. The van der Waals surface area contributed by atoms with Crippen LogP contribution in [0.3, 0.4) is 0 Å². The van der Waals surface area contributed by atoms with E-state index in [-0.39, 0.29) is 0 Å². The summed E-state index contributed by atoms with van der Waals surface area (Å²) in [6, 6.07) is 0. The highest BCUT2D eigenvalue weighted by molar-refractivity contribution is 5.16. The molecule has 0 aliphatic heterocycles. The van der Waals surface area contributed by atoms with Gasteiger partial charge in [-0.1, -0.05) is 0 Å². The maximum absolute atomic E-state index is 5.60. The van der Waals surface area contributed by atoms with Crippen molar-refractivity contribution in [2.24, 2.45) is 0 Å². The summed E-state index contributed by atoms with van der Waals surface area (Å²) in [5, 5.41) is 0. The number of aryl methyl sites for hydroxylation is 1.